The van der Waals surface area contributed by atoms with Gasteiger partial charge in [0, 0.05) is 29.4 Å². The lowest BCUT2D eigenvalue weighted by molar-refractivity contribution is 0.112. The second-order valence-electron chi connectivity index (χ2n) is 4.66. The highest BCUT2D eigenvalue weighted by Crippen LogP contribution is 2.21. The molecule has 0 aliphatic carbocycles. The minimum absolute atomic E-state index is 0.282. The molecule has 4 heteroatoms. The molecule has 0 aliphatic rings. The highest BCUT2D eigenvalue weighted by atomic mass is 19.1. The lowest BCUT2D eigenvalue weighted by Gasteiger charge is -2.10. The molecule has 0 unspecified atom stereocenters. The SMILES string of the molecule is O=Cc1ccccc1NCc1ccc(F)c2cccnc12. The van der Waals surface area contributed by atoms with Crippen LogP contribution in [0.3, 0.4) is 0 Å². The summed E-state index contributed by atoms with van der Waals surface area (Å²) >= 11 is 0. The predicted octanol–water partition coefficient (Wildman–Crippen LogP) is 3.80. The largest absolute Gasteiger partial charge is 0.380 e. The van der Waals surface area contributed by atoms with Crippen molar-refractivity contribution in [1.29, 1.82) is 0 Å². The van der Waals surface area contributed by atoms with Gasteiger partial charge >= 0.3 is 0 Å². The summed E-state index contributed by atoms with van der Waals surface area (Å²) in [6.45, 7) is 0.471. The number of nitrogens with zero attached hydrogens (tertiary/aromatic N) is 1. The van der Waals surface area contributed by atoms with Crippen molar-refractivity contribution in [2.45, 2.75) is 6.54 Å². The molecular formula is C17H13FN2O. The van der Waals surface area contributed by atoms with E-state index in [9.17, 15) is 9.18 Å². The number of para-hydroxylation sites is 1. The highest BCUT2D eigenvalue weighted by molar-refractivity contribution is 5.85. The van der Waals surface area contributed by atoms with Gasteiger partial charge in [-0.2, -0.15) is 0 Å². The lowest BCUT2D eigenvalue weighted by atomic mass is 10.1. The van der Waals surface area contributed by atoms with Crippen molar-refractivity contribution in [2.24, 2.45) is 0 Å². The van der Waals surface area contributed by atoms with E-state index in [0.717, 1.165) is 17.5 Å². The van der Waals surface area contributed by atoms with E-state index < -0.39 is 0 Å². The quantitative estimate of drug-likeness (QED) is 0.739. The summed E-state index contributed by atoms with van der Waals surface area (Å²) in [4.78, 5) is 15.2. The molecule has 1 heterocycles. The number of carbonyl (C=O) groups excluding carboxylic acids is 1. The predicted molar refractivity (Wildman–Crippen MR) is 80.9 cm³/mol. The average Bonchev–Trinajstić information content (AvgIpc) is 2.55. The fourth-order valence-electron chi connectivity index (χ4n) is 2.29. The van der Waals surface area contributed by atoms with E-state index >= 15 is 0 Å². The summed E-state index contributed by atoms with van der Waals surface area (Å²) in [6.07, 6.45) is 2.45. The monoisotopic (exact) mass is 280 g/mol. The molecule has 0 radical (unpaired) electrons. The van der Waals surface area contributed by atoms with E-state index in [4.69, 9.17) is 0 Å². The Bertz CT molecular complexity index is 802. The molecule has 3 nitrogen and oxygen atoms in total. The molecule has 0 atom stereocenters. The smallest absolute Gasteiger partial charge is 0.152 e. The fourth-order valence-corrected chi connectivity index (χ4v) is 2.29. The number of aromatic nitrogens is 1. The highest BCUT2D eigenvalue weighted by Gasteiger charge is 2.07. The normalized spacial score (nSPS) is 10.5. The molecule has 1 aromatic heterocycles. The van der Waals surface area contributed by atoms with E-state index in [2.05, 4.69) is 10.3 Å². The van der Waals surface area contributed by atoms with Crippen molar-refractivity contribution in [3.05, 3.63) is 71.7 Å². The molecule has 0 amide bonds. The first kappa shape index (κ1) is 13.2. The maximum Gasteiger partial charge on any atom is 0.152 e. The van der Waals surface area contributed by atoms with Gasteiger partial charge < -0.3 is 5.32 Å². The van der Waals surface area contributed by atoms with Gasteiger partial charge in [-0.15, -0.1) is 0 Å². The third kappa shape index (κ3) is 2.60. The summed E-state index contributed by atoms with van der Waals surface area (Å²) in [7, 11) is 0. The van der Waals surface area contributed by atoms with Crippen LogP contribution < -0.4 is 5.32 Å². The van der Waals surface area contributed by atoms with Gasteiger partial charge in [0.2, 0.25) is 0 Å². The number of anilines is 1. The maximum atomic E-state index is 13.7. The third-order valence-electron chi connectivity index (χ3n) is 3.36. The number of rotatable bonds is 4. The van der Waals surface area contributed by atoms with Crippen molar-refractivity contribution in [2.75, 3.05) is 5.32 Å². The molecule has 3 rings (SSSR count). The van der Waals surface area contributed by atoms with E-state index in [0.29, 0.717) is 23.0 Å². The zero-order chi connectivity index (χ0) is 14.7. The Morgan fingerprint density at radius 2 is 1.95 bits per heavy atom. The van der Waals surface area contributed by atoms with Crippen LogP contribution in [0.15, 0.2) is 54.7 Å². The van der Waals surface area contributed by atoms with E-state index in [1.54, 1.807) is 30.5 Å². The average molecular weight is 280 g/mol. The number of hydrogen-bond acceptors (Lipinski definition) is 3. The second-order valence-corrected chi connectivity index (χ2v) is 4.66. The van der Waals surface area contributed by atoms with Crippen LogP contribution in [0.5, 0.6) is 0 Å². The minimum Gasteiger partial charge on any atom is -0.380 e. The minimum atomic E-state index is -0.282. The number of carbonyl (C=O) groups is 1. The Kier molecular flexibility index (Phi) is 3.60. The van der Waals surface area contributed by atoms with Gasteiger partial charge in [0.05, 0.1) is 5.52 Å². The van der Waals surface area contributed by atoms with Gasteiger partial charge in [0.1, 0.15) is 5.82 Å². The Labute approximate surface area is 121 Å². The van der Waals surface area contributed by atoms with Crippen molar-refractivity contribution in [3.8, 4) is 0 Å². The first-order valence-corrected chi connectivity index (χ1v) is 6.60. The maximum absolute atomic E-state index is 13.7. The number of halogens is 1. The number of hydrogen-bond donors (Lipinski definition) is 1. The molecule has 0 bridgehead atoms. The van der Waals surface area contributed by atoms with E-state index in [-0.39, 0.29) is 5.82 Å². The zero-order valence-electron chi connectivity index (χ0n) is 11.2. The van der Waals surface area contributed by atoms with Crippen LogP contribution in [0.2, 0.25) is 0 Å². The van der Waals surface area contributed by atoms with Crippen LogP contribution in [0, 0.1) is 5.82 Å². The zero-order valence-corrected chi connectivity index (χ0v) is 11.2. The van der Waals surface area contributed by atoms with Crippen LogP contribution >= 0.6 is 0 Å². The van der Waals surface area contributed by atoms with Gasteiger partial charge in [0.25, 0.3) is 0 Å². The van der Waals surface area contributed by atoms with Crippen LogP contribution in [0.4, 0.5) is 10.1 Å². The van der Waals surface area contributed by atoms with Crippen molar-refractivity contribution in [3.63, 3.8) is 0 Å². The van der Waals surface area contributed by atoms with Crippen molar-refractivity contribution < 1.29 is 9.18 Å². The molecule has 0 spiro atoms. The molecule has 0 aliphatic heterocycles. The summed E-state index contributed by atoms with van der Waals surface area (Å²) in [5, 5.41) is 3.70. The summed E-state index contributed by atoms with van der Waals surface area (Å²) < 4.78 is 13.7. The molecule has 21 heavy (non-hydrogen) atoms. The summed E-state index contributed by atoms with van der Waals surface area (Å²) in [5.41, 5.74) is 2.86. The second kappa shape index (κ2) is 5.71. The van der Waals surface area contributed by atoms with Crippen LogP contribution in [0.1, 0.15) is 15.9 Å². The number of pyridine rings is 1. The van der Waals surface area contributed by atoms with Crippen LogP contribution in [0.25, 0.3) is 10.9 Å². The summed E-state index contributed by atoms with van der Waals surface area (Å²) in [6, 6.07) is 13.8. The summed E-state index contributed by atoms with van der Waals surface area (Å²) in [5.74, 6) is -0.282. The molecule has 3 aromatic rings. The van der Waals surface area contributed by atoms with Gasteiger partial charge in [-0.25, -0.2) is 4.39 Å². The topological polar surface area (TPSA) is 42.0 Å². The molecule has 0 saturated heterocycles. The third-order valence-corrected chi connectivity index (χ3v) is 3.36. The van der Waals surface area contributed by atoms with Gasteiger partial charge in [-0.05, 0) is 35.9 Å². The molecule has 1 N–H and O–H groups in total. The Morgan fingerprint density at radius 1 is 1.10 bits per heavy atom. The molecule has 0 saturated carbocycles. The van der Waals surface area contributed by atoms with Gasteiger partial charge in [-0.3, -0.25) is 9.78 Å². The molecule has 104 valence electrons. The van der Waals surface area contributed by atoms with Crippen molar-refractivity contribution in [1.82, 2.24) is 4.98 Å². The molecule has 0 fully saturated rings. The van der Waals surface area contributed by atoms with Crippen LogP contribution in [-0.2, 0) is 6.54 Å². The number of benzene rings is 2. The van der Waals surface area contributed by atoms with Crippen LogP contribution in [-0.4, -0.2) is 11.3 Å². The number of aldehydes is 1. The Balaban J connectivity index is 1.92. The number of fused-ring (bicyclic) bond motifs is 1. The molecule has 2 aromatic carbocycles. The molecular weight excluding hydrogens is 267 g/mol. The standard InChI is InChI=1S/C17H13FN2O/c18-15-8-7-12(17-14(15)5-3-9-19-17)10-20-16-6-2-1-4-13(16)11-21/h1-9,11,20H,10H2. The Hall–Kier alpha value is -2.75. The van der Waals surface area contributed by atoms with Gasteiger partial charge in [0.15, 0.2) is 6.29 Å². The van der Waals surface area contributed by atoms with Gasteiger partial charge in [-0.1, -0.05) is 18.2 Å². The Morgan fingerprint density at radius 3 is 2.81 bits per heavy atom. The fraction of sp³-hybridized carbons (Fsp3) is 0.0588. The first-order chi connectivity index (χ1) is 10.3. The lowest BCUT2D eigenvalue weighted by Crippen LogP contribution is -2.03. The first-order valence-electron chi connectivity index (χ1n) is 6.60. The van der Waals surface area contributed by atoms with E-state index in [1.807, 2.05) is 18.2 Å². The van der Waals surface area contributed by atoms with Crippen molar-refractivity contribution >= 4 is 22.9 Å². The number of nitrogens with one attached hydrogen (secondary N) is 1. The van der Waals surface area contributed by atoms with E-state index in [1.165, 1.54) is 6.07 Å².